The van der Waals surface area contributed by atoms with E-state index >= 15 is 0 Å². The number of nitrogens with one attached hydrogen (secondary N) is 2. The zero-order valence-corrected chi connectivity index (χ0v) is 10.2. The molecule has 2 unspecified atom stereocenters. The molecule has 15 heavy (non-hydrogen) atoms. The Hall–Kier alpha value is -1.02. The average Bonchev–Trinajstić information content (AvgIpc) is 2.28. The molecule has 1 rings (SSSR count). The van der Waals surface area contributed by atoms with Crippen molar-refractivity contribution in [2.45, 2.75) is 39.3 Å². The zero-order chi connectivity index (χ0) is 11.3. The fourth-order valence-corrected chi connectivity index (χ4v) is 1.45. The monoisotopic (exact) mass is 206 g/mol. The van der Waals surface area contributed by atoms with Crippen LogP contribution in [0.5, 0.6) is 0 Å². The van der Waals surface area contributed by atoms with Gasteiger partial charge in [0.15, 0.2) is 0 Å². The second-order valence-corrected chi connectivity index (χ2v) is 4.09. The molecule has 0 aliphatic carbocycles. The lowest BCUT2D eigenvalue weighted by molar-refractivity contribution is 0.652. The zero-order valence-electron chi connectivity index (χ0n) is 10.2. The molecular weight excluding hydrogens is 184 g/mol. The summed E-state index contributed by atoms with van der Waals surface area (Å²) in [6, 6.07) is 9.54. The van der Waals surface area contributed by atoms with E-state index in [4.69, 9.17) is 0 Å². The Morgan fingerprint density at radius 3 is 2.60 bits per heavy atom. The molecule has 1 aromatic rings. The highest BCUT2D eigenvalue weighted by Gasteiger charge is 2.04. The van der Waals surface area contributed by atoms with Gasteiger partial charge >= 0.3 is 0 Å². The van der Waals surface area contributed by atoms with Gasteiger partial charge in [-0.2, -0.15) is 0 Å². The number of hydrogen-bond acceptors (Lipinski definition) is 2. The van der Waals surface area contributed by atoms with Crippen LogP contribution in [0.3, 0.4) is 0 Å². The molecule has 0 aliphatic heterocycles. The van der Waals surface area contributed by atoms with Crippen LogP contribution in [0, 0.1) is 0 Å². The molecule has 0 heterocycles. The van der Waals surface area contributed by atoms with Crippen LogP contribution in [-0.2, 0) is 0 Å². The summed E-state index contributed by atoms with van der Waals surface area (Å²) >= 11 is 0. The van der Waals surface area contributed by atoms with Gasteiger partial charge in [-0.1, -0.05) is 19.1 Å². The maximum atomic E-state index is 3.48. The summed E-state index contributed by atoms with van der Waals surface area (Å²) in [6.07, 6.45) is 1.14. The standard InChI is InChI=1S/C13H22N2/c1-5-10(2)15-13-8-6-7-12(9-13)11(3)14-4/h6-11,14-15H,5H2,1-4H3. The smallest absolute Gasteiger partial charge is 0.0345 e. The first kappa shape index (κ1) is 12.1. The second-order valence-electron chi connectivity index (χ2n) is 4.09. The normalized spacial score (nSPS) is 14.7. The molecule has 2 heteroatoms. The van der Waals surface area contributed by atoms with Gasteiger partial charge in [0, 0.05) is 17.8 Å². The molecule has 2 atom stereocenters. The van der Waals surface area contributed by atoms with E-state index in [0.717, 1.165) is 6.42 Å². The van der Waals surface area contributed by atoms with Crippen molar-refractivity contribution in [3.05, 3.63) is 29.8 Å². The minimum Gasteiger partial charge on any atom is -0.383 e. The minimum absolute atomic E-state index is 0.406. The fourth-order valence-electron chi connectivity index (χ4n) is 1.45. The molecule has 0 aromatic heterocycles. The van der Waals surface area contributed by atoms with Crippen LogP contribution in [0.4, 0.5) is 5.69 Å². The van der Waals surface area contributed by atoms with E-state index in [9.17, 15) is 0 Å². The quantitative estimate of drug-likeness (QED) is 0.773. The largest absolute Gasteiger partial charge is 0.383 e. The van der Waals surface area contributed by atoms with Crippen molar-refractivity contribution in [1.82, 2.24) is 5.32 Å². The van der Waals surface area contributed by atoms with E-state index in [2.05, 4.69) is 55.7 Å². The Kier molecular flexibility index (Phi) is 4.63. The number of hydrogen-bond donors (Lipinski definition) is 2. The Bertz CT molecular complexity index is 296. The maximum absolute atomic E-state index is 3.48. The van der Waals surface area contributed by atoms with Crippen molar-refractivity contribution in [3.8, 4) is 0 Å². The predicted octanol–water partition coefficient (Wildman–Crippen LogP) is 3.18. The van der Waals surface area contributed by atoms with Gasteiger partial charge in [0.05, 0.1) is 0 Å². The van der Waals surface area contributed by atoms with E-state index in [1.54, 1.807) is 0 Å². The van der Waals surface area contributed by atoms with Crippen molar-refractivity contribution in [2.75, 3.05) is 12.4 Å². The van der Waals surface area contributed by atoms with Crippen LogP contribution in [-0.4, -0.2) is 13.1 Å². The molecule has 0 amide bonds. The summed E-state index contributed by atoms with van der Waals surface area (Å²) in [5.41, 5.74) is 2.54. The predicted molar refractivity (Wildman–Crippen MR) is 67.3 cm³/mol. The highest BCUT2D eigenvalue weighted by atomic mass is 14.9. The van der Waals surface area contributed by atoms with Gasteiger partial charge in [-0.05, 0) is 45.0 Å². The summed E-state index contributed by atoms with van der Waals surface area (Å²) in [7, 11) is 1.99. The van der Waals surface area contributed by atoms with Gasteiger partial charge in [0.25, 0.3) is 0 Å². The van der Waals surface area contributed by atoms with E-state index in [-0.39, 0.29) is 0 Å². The van der Waals surface area contributed by atoms with Gasteiger partial charge < -0.3 is 10.6 Å². The molecule has 0 fully saturated rings. The third-order valence-electron chi connectivity index (χ3n) is 2.85. The Morgan fingerprint density at radius 2 is 2.00 bits per heavy atom. The number of benzene rings is 1. The summed E-state index contributed by atoms with van der Waals surface area (Å²) in [5.74, 6) is 0. The topological polar surface area (TPSA) is 24.1 Å². The Labute approximate surface area is 93.1 Å². The van der Waals surface area contributed by atoms with Crippen molar-refractivity contribution in [3.63, 3.8) is 0 Å². The first-order chi connectivity index (χ1) is 7.17. The Balaban J connectivity index is 2.74. The highest BCUT2D eigenvalue weighted by molar-refractivity contribution is 5.47. The van der Waals surface area contributed by atoms with Crippen LogP contribution in [0.15, 0.2) is 24.3 Å². The third-order valence-corrected chi connectivity index (χ3v) is 2.85. The van der Waals surface area contributed by atoms with Crippen LogP contribution >= 0.6 is 0 Å². The lowest BCUT2D eigenvalue weighted by Gasteiger charge is -2.16. The first-order valence-corrected chi connectivity index (χ1v) is 5.71. The van der Waals surface area contributed by atoms with Crippen LogP contribution in [0.2, 0.25) is 0 Å². The SMILES string of the molecule is CCC(C)Nc1cccc(C(C)NC)c1. The summed E-state index contributed by atoms with van der Waals surface area (Å²) in [4.78, 5) is 0. The third kappa shape index (κ3) is 3.56. The van der Waals surface area contributed by atoms with E-state index in [1.165, 1.54) is 11.3 Å². The number of rotatable bonds is 5. The van der Waals surface area contributed by atoms with Gasteiger partial charge in [-0.3, -0.25) is 0 Å². The summed E-state index contributed by atoms with van der Waals surface area (Å²) in [6.45, 7) is 6.56. The van der Waals surface area contributed by atoms with Crippen molar-refractivity contribution < 1.29 is 0 Å². The first-order valence-electron chi connectivity index (χ1n) is 5.71. The maximum Gasteiger partial charge on any atom is 0.0345 e. The van der Waals surface area contributed by atoms with Crippen LogP contribution in [0.1, 0.15) is 38.8 Å². The molecule has 84 valence electrons. The van der Waals surface area contributed by atoms with E-state index in [0.29, 0.717) is 12.1 Å². The molecule has 0 aliphatic rings. The molecule has 2 nitrogen and oxygen atoms in total. The van der Waals surface area contributed by atoms with Crippen molar-refractivity contribution >= 4 is 5.69 Å². The molecule has 0 saturated carbocycles. The molecule has 0 spiro atoms. The van der Waals surface area contributed by atoms with Crippen molar-refractivity contribution in [1.29, 1.82) is 0 Å². The van der Waals surface area contributed by atoms with Gasteiger partial charge in [0.1, 0.15) is 0 Å². The highest BCUT2D eigenvalue weighted by Crippen LogP contribution is 2.17. The molecule has 0 saturated heterocycles. The van der Waals surface area contributed by atoms with Gasteiger partial charge in [-0.25, -0.2) is 0 Å². The lowest BCUT2D eigenvalue weighted by Crippen LogP contribution is -2.15. The molecule has 2 N–H and O–H groups in total. The molecule has 0 radical (unpaired) electrons. The molecular formula is C13H22N2. The van der Waals surface area contributed by atoms with E-state index in [1.807, 2.05) is 7.05 Å². The minimum atomic E-state index is 0.406. The molecule has 1 aromatic carbocycles. The van der Waals surface area contributed by atoms with Gasteiger partial charge in [0.2, 0.25) is 0 Å². The van der Waals surface area contributed by atoms with Crippen molar-refractivity contribution in [2.24, 2.45) is 0 Å². The van der Waals surface area contributed by atoms with Crippen LogP contribution in [0.25, 0.3) is 0 Å². The van der Waals surface area contributed by atoms with Gasteiger partial charge in [-0.15, -0.1) is 0 Å². The summed E-state index contributed by atoms with van der Waals surface area (Å²) in [5, 5.41) is 6.73. The molecule has 0 bridgehead atoms. The lowest BCUT2D eigenvalue weighted by atomic mass is 10.1. The summed E-state index contributed by atoms with van der Waals surface area (Å²) < 4.78 is 0. The van der Waals surface area contributed by atoms with E-state index < -0.39 is 0 Å². The fraction of sp³-hybridized carbons (Fsp3) is 0.538. The number of anilines is 1. The second kappa shape index (κ2) is 5.76. The Morgan fingerprint density at radius 1 is 1.27 bits per heavy atom. The van der Waals surface area contributed by atoms with Crippen LogP contribution < -0.4 is 10.6 Å². The average molecular weight is 206 g/mol.